The molecule has 1 heteroatoms. The van der Waals surface area contributed by atoms with E-state index in [1.165, 1.54) is 12.8 Å². The average molecular weight is 216 g/mol. The number of rotatable bonds is 0. The lowest BCUT2D eigenvalue weighted by Gasteiger charge is -2.49. The van der Waals surface area contributed by atoms with Gasteiger partial charge in [-0.15, -0.1) is 8.58 Å². The highest BCUT2D eigenvalue weighted by Crippen LogP contribution is 2.58. The normalized spacial score (nSPS) is 27.4. The second kappa shape index (κ2) is 4.52. The van der Waals surface area contributed by atoms with E-state index in [0.29, 0.717) is 15.7 Å². The first-order valence-electron chi connectivity index (χ1n) is 5.91. The zero-order valence-electron chi connectivity index (χ0n) is 11.4. The lowest BCUT2D eigenvalue weighted by molar-refractivity contribution is 0.233. The SMILES string of the molecule is CC.CC1(C)CC(C)(C)PC(C)(C)C1. The van der Waals surface area contributed by atoms with Crippen LogP contribution in [0.25, 0.3) is 0 Å². The molecule has 0 amide bonds. The molecule has 0 unspecified atom stereocenters. The summed E-state index contributed by atoms with van der Waals surface area (Å²) in [4.78, 5) is 0. The fraction of sp³-hybridized carbons (Fsp3) is 1.00. The maximum absolute atomic E-state index is 2.42. The van der Waals surface area contributed by atoms with E-state index in [1.807, 2.05) is 13.8 Å². The molecule has 1 rings (SSSR count). The molecule has 1 saturated heterocycles. The summed E-state index contributed by atoms with van der Waals surface area (Å²) in [5.41, 5.74) is 0.554. The van der Waals surface area contributed by atoms with Crippen LogP contribution in [0.1, 0.15) is 68.2 Å². The zero-order chi connectivity index (χ0) is 11.6. The summed E-state index contributed by atoms with van der Waals surface area (Å²) >= 11 is 0. The number of hydrogen-bond acceptors (Lipinski definition) is 0. The third-order valence-corrected chi connectivity index (χ3v) is 4.22. The van der Waals surface area contributed by atoms with Gasteiger partial charge in [-0.1, -0.05) is 55.4 Å². The zero-order valence-corrected chi connectivity index (χ0v) is 12.4. The first-order valence-corrected chi connectivity index (χ1v) is 6.91. The smallest absolute Gasteiger partial charge is 0.0169 e. The predicted molar refractivity (Wildman–Crippen MR) is 70.8 cm³/mol. The van der Waals surface area contributed by atoms with Crippen molar-refractivity contribution in [2.45, 2.75) is 78.5 Å². The molecular formula is C13H29P. The van der Waals surface area contributed by atoms with Crippen molar-refractivity contribution in [2.24, 2.45) is 5.41 Å². The Hall–Kier alpha value is 0.430. The van der Waals surface area contributed by atoms with Gasteiger partial charge in [-0.2, -0.15) is 0 Å². The van der Waals surface area contributed by atoms with Crippen molar-refractivity contribution in [3.05, 3.63) is 0 Å². The Kier molecular flexibility index (Phi) is 4.66. The van der Waals surface area contributed by atoms with Crippen LogP contribution >= 0.6 is 8.58 Å². The quantitative estimate of drug-likeness (QED) is 0.496. The summed E-state index contributed by atoms with van der Waals surface area (Å²) < 4.78 is 0. The first kappa shape index (κ1) is 14.4. The molecular weight excluding hydrogens is 187 g/mol. The van der Waals surface area contributed by atoms with Gasteiger partial charge < -0.3 is 0 Å². The van der Waals surface area contributed by atoms with E-state index in [9.17, 15) is 0 Å². The van der Waals surface area contributed by atoms with Crippen molar-refractivity contribution >= 4 is 8.58 Å². The molecule has 1 aliphatic rings. The largest absolute Gasteiger partial charge is 0.110 e. The van der Waals surface area contributed by atoms with Crippen molar-refractivity contribution in [1.29, 1.82) is 0 Å². The van der Waals surface area contributed by atoms with E-state index in [-0.39, 0.29) is 0 Å². The maximum atomic E-state index is 2.42. The second-order valence-corrected chi connectivity index (χ2v) is 9.37. The van der Waals surface area contributed by atoms with Crippen molar-refractivity contribution in [2.75, 3.05) is 0 Å². The van der Waals surface area contributed by atoms with E-state index >= 15 is 0 Å². The Morgan fingerprint density at radius 1 is 0.714 bits per heavy atom. The van der Waals surface area contributed by atoms with E-state index in [2.05, 4.69) is 41.5 Å². The minimum atomic E-state index is 0.554. The summed E-state index contributed by atoms with van der Waals surface area (Å²) in [6.45, 7) is 18.5. The maximum Gasteiger partial charge on any atom is -0.0169 e. The molecule has 0 saturated carbocycles. The van der Waals surface area contributed by atoms with Gasteiger partial charge in [-0.25, -0.2) is 0 Å². The van der Waals surface area contributed by atoms with Gasteiger partial charge in [0.15, 0.2) is 0 Å². The van der Waals surface area contributed by atoms with Gasteiger partial charge in [0.2, 0.25) is 0 Å². The van der Waals surface area contributed by atoms with Gasteiger partial charge in [0.1, 0.15) is 0 Å². The fourth-order valence-corrected chi connectivity index (χ4v) is 6.43. The molecule has 0 aromatic rings. The van der Waals surface area contributed by atoms with Crippen LogP contribution in [0.5, 0.6) is 0 Å². The Balaban J connectivity index is 0.000000791. The van der Waals surface area contributed by atoms with Crippen molar-refractivity contribution in [1.82, 2.24) is 0 Å². The molecule has 1 fully saturated rings. The molecule has 86 valence electrons. The van der Waals surface area contributed by atoms with Crippen molar-refractivity contribution in [3.63, 3.8) is 0 Å². The molecule has 1 aliphatic heterocycles. The molecule has 1 heterocycles. The second-order valence-electron chi connectivity index (χ2n) is 6.41. The molecule has 0 spiro atoms. The highest BCUT2D eigenvalue weighted by Gasteiger charge is 2.41. The number of hydrogen-bond donors (Lipinski definition) is 0. The van der Waals surface area contributed by atoms with Crippen LogP contribution in [0.4, 0.5) is 0 Å². The Morgan fingerprint density at radius 3 is 1.21 bits per heavy atom. The molecule has 0 aromatic heterocycles. The van der Waals surface area contributed by atoms with Gasteiger partial charge in [-0.05, 0) is 28.6 Å². The lowest BCUT2D eigenvalue weighted by Crippen LogP contribution is -2.39. The molecule has 0 bridgehead atoms. The highest BCUT2D eigenvalue weighted by atomic mass is 31.1. The van der Waals surface area contributed by atoms with Crippen LogP contribution in [0.15, 0.2) is 0 Å². The van der Waals surface area contributed by atoms with Gasteiger partial charge >= 0.3 is 0 Å². The van der Waals surface area contributed by atoms with Gasteiger partial charge in [-0.3, -0.25) is 0 Å². The molecule has 14 heavy (non-hydrogen) atoms. The minimum Gasteiger partial charge on any atom is -0.110 e. The summed E-state index contributed by atoms with van der Waals surface area (Å²) in [6, 6.07) is 0. The van der Waals surface area contributed by atoms with Crippen molar-refractivity contribution in [3.8, 4) is 0 Å². The average Bonchev–Trinajstić information content (AvgIpc) is 1.79. The van der Waals surface area contributed by atoms with Crippen LogP contribution in [0.3, 0.4) is 0 Å². The van der Waals surface area contributed by atoms with Gasteiger partial charge in [0.25, 0.3) is 0 Å². The summed E-state index contributed by atoms with van der Waals surface area (Å²) in [5.74, 6) is 0. The lowest BCUT2D eigenvalue weighted by atomic mass is 9.76. The molecule has 0 N–H and O–H groups in total. The van der Waals surface area contributed by atoms with Crippen LogP contribution in [0.2, 0.25) is 0 Å². The molecule has 0 nitrogen and oxygen atoms in total. The predicted octanol–water partition coefficient (Wildman–Crippen LogP) is 5.07. The summed E-state index contributed by atoms with van der Waals surface area (Å²) in [7, 11) is 1.12. The van der Waals surface area contributed by atoms with Crippen LogP contribution < -0.4 is 0 Å². The Labute approximate surface area is 93.0 Å². The fourth-order valence-electron chi connectivity index (χ4n) is 3.46. The third-order valence-electron chi connectivity index (χ3n) is 2.52. The van der Waals surface area contributed by atoms with E-state index in [4.69, 9.17) is 0 Å². The van der Waals surface area contributed by atoms with Gasteiger partial charge in [0.05, 0.1) is 0 Å². The molecule has 0 aliphatic carbocycles. The first-order chi connectivity index (χ1) is 6.12. The molecule has 0 aromatic carbocycles. The standard InChI is InChI=1S/C11H23P.C2H6/c1-9(2)7-10(3,4)12-11(5,6)8-9;1-2/h12H,7-8H2,1-6H3;1-2H3. The Morgan fingerprint density at radius 2 is 1.00 bits per heavy atom. The summed E-state index contributed by atoms with van der Waals surface area (Å²) in [5, 5.41) is 1.15. The Bertz CT molecular complexity index is 132. The minimum absolute atomic E-state index is 0.554. The topological polar surface area (TPSA) is 0 Å². The molecule has 0 atom stereocenters. The highest BCUT2D eigenvalue weighted by molar-refractivity contribution is 7.41. The monoisotopic (exact) mass is 216 g/mol. The van der Waals surface area contributed by atoms with E-state index in [1.54, 1.807) is 0 Å². The molecule has 0 radical (unpaired) electrons. The third kappa shape index (κ3) is 4.78. The van der Waals surface area contributed by atoms with Crippen LogP contribution in [0, 0.1) is 5.41 Å². The van der Waals surface area contributed by atoms with Crippen LogP contribution in [-0.4, -0.2) is 10.3 Å². The van der Waals surface area contributed by atoms with Crippen molar-refractivity contribution < 1.29 is 0 Å². The van der Waals surface area contributed by atoms with E-state index in [0.717, 1.165) is 8.58 Å². The van der Waals surface area contributed by atoms with Gasteiger partial charge in [0, 0.05) is 0 Å². The van der Waals surface area contributed by atoms with E-state index < -0.39 is 0 Å². The van der Waals surface area contributed by atoms with Crippen LogP contribution in [-0.2, 0) is 0 Å². The summed E-state index contributed by atoms with van der Waals surface area (Å²) in [6.07, 6.45) is 2.78.